The molecule has 18 nitrogen and oxygen atoms in total. The predicted octanol–water partition coefficient (Wildman–Crippen LogP) is 11.2. The molecule has 4 aliphatic heterocycles. The van der Waals surface area contributed by atoms with Crippen molar-refractivity contribution in [3.8, 4) is 28.8 Å². The second-order valence-electron chi connectivity index (χ2n) is 22.5. The maximum absolute atomic E-state index is 15.2. The molecule has 4 aromatic carbocycles. The second kappa shape index (κ2) is 26.0. The fourth-order valence-corrected chi connectivity index (χ4v) is 12.1. The second-order valence-corrected chi connectivity index (χ2v) is 23.0. The molecular formula is C64H72ClFN12O6. The minimum Gasteiger partial charge on any atom is -0.497 e. The summed E-state index contributed by atoms with van der Waals surface area (Å²) in [7, 11) is 3.25. The summed E-state index contributed by atoms with van der Waals surface area (Å²) in [5.41, 5.74) is 12.4. The Kier molecular flexibility index (Phi) is 18.2. The van der Waals surface area contributed by atoms with Gasteiger partial charge in [0, 0.05) is 69.3 Å². The topological polar surface area (TPSA) is 209 Å². The molecule has 4 amide bonds. The van der Waals surface area contributed by atoms with E-state index >= 15 is 4.79 Å². The third-order valence-electron chi connectivity index (χ3n) is 16.3. The Bertz CT molecular complexity index is 3490. The van der Waals surface area contributed by atoms with Crippen LogP contribution in [0.2, 0.25) is 5.02 Å². The van der Waals surface area contributed by atoms with Gasteiger partial charge < -0.3 is 34.8 Å². The van der Waals surface area contributed by atoms with Crippen molar-refractivity contribution in [3.05, 3.63) is 147 Å². The van der Waals surface area contributed by atoms with Crippen molar-refractivity contribution in [1.29, 1.82) is 5.26 Å². The zero-order valence-corrected chi connectivity index (χ0v) is 49.2. The van der Waals surface area contributed by atoms with Crippen molar-refractivity contribution in [1.82, 2.24) is 39.3 Å². The molecule has 4 aliphatic rings. The Balaban J connectivity index is 0.712. The first-order chi connectivity index (χ1) is 40.6. The number of aromatic nitrogens is 4. The van der Waals surface area contributed by atoms with E-state index in [0.717, 1.165) is 61.6 Å². The summed E-state index contributed by atoms with van der Waals surface area (Å²) in [4.78, 5) is 79.8. The molecule has 0 radical (unpaired) electrons. The Labute approximate surface area is 495 Å². The molecule has 2 bridgehead atoms. The van der Waals surface area contributed by atoms with Crippen LogP contribution in [-0.2, 0) is 22.7 Å². The number of rotatable bonds is 19. The first kappa shape index (κ1) is 58.8. The third kappa shape index (κ3) is 12.7. The summed E-state index contributed by atoms with van der Waals surface area (Å²) in [6, 6.07) is 26.0. The van der Waals surface area contributed by atoms with E-state index in [9.17, 15) is 24.0 Å². The van der Waals surface area contributed by atoms with Crippen LogP contribution < -0.4 is 20.1 Å². The average molecular weight is 1160 g/mol. The Morgan fingerprint density at radius 3 is 2.33 bits per heavy atom. The highest BCUT2D eigenvalue weighted by Gasteiger charge is 2.46. The van der Waals surface area contributed by atoms with Crippen LogP contribution in [0.4, 0.5) is 20.8 Å². The van der Waals surface area contributed by atoms with Gasteiger partial charge in [0.25, 0.3) is 5.91 Å². The lowest BCUT2D eigenvalue weighted by Crippen LogP contribution is -2.56. The van der Waals surface area contributed by atoms with Gasteiger partial charge in [-0.2, -0.15) is 10.4 Å². The number of fused-ring (bicyclic) bond motifs is 8. The largest absolute Gasteiger partial charge is 0.497 e. The van der Waals surface area contributed by atoms with E-state index in [1.165, 1.54) is 29.3 Å². The summed E-state index contributed by atoms with van der Waals surface area (Å²) < 4.78 is 28.3. The van der Waals surface area contributed by atoms with Crippen molar-refractivity contribution >= 4 is 52.7 Å². The molecule has 2 aromatic heterocycles. The number of hydrogen-bond donors (Lipinski definition) is 1. The number of nitriles is 1. The molecule has 2 fully saturated rings. The molecule has 10 rings (SSSR count). The molecule has 0 saturated carbocycles. The number of amidine groups is 1. The van der Waals surface area contributed by atoms with Crippen molar-refractivity contribution in [3.63, 3.8) is 0 Å². The van der Waals surface area contributed by atoms with E-state index in [2.05, 4.69) is 11.1 Å². The number of ketones is 1. The van der Waals surface area contributed by atoms with E-state index in [4.69, 9.17) is 41.9 Å². The SMILES string of the molecule is COc1ccc(C2=N[C@@H](c3ccc(C)cc3)[C@@H](c3ccc(Cl)cc3)N2C(=O)N2CCN(CCCCCCCCC(=O)CCCn3nc4c(c3C#N)-c3cnc(N)c(n3)N3CCC[C@@H]3c3cc(F)ccc3C(=O)N(C)C4)C(=O)C2)c(OC(C)C)c1. The van der Waals surface area contributed by atoms with Gasteiger partial charge in [-0.05, 0) is 112 Å². The molecule has 6 aromatic rings. The van der Waals surface area contributed by atoms with Gasteiger partial charge in [-0.3, -0.25) is 29.0 Å². The highest BCUT2D eigenvalue weighted by atomic mass is 35.5. The summed E-state index contributed by atoms with van der Waals surface area (Å²) in [6.07, 6.45) is 9.31. The number of nitrogen functional groups attached to an aromatic ring is 1. The summed E-state index contributed by atoms with van der Waals surface area (Å²) >= 11 is 6.42. The number of hydrogen-bond acceptors (Lipinski definition) is 13. The van der Waals surface area contributed by atoms with Gasteiger partial charge in [-0.15, -0.1) is 0 Å². The van der Waals surface area contributed by atoms with E-state index in [1.807, 2.05) is 97.3 Å². The first-order valence-corrected chi connectivity index (χ1v) is 29.5. The maximum atomic E-state index is 15.2. The van der Waals surface area contributed by atoms with E-state index in [-0.39, 0.29) is 60.4 Å². The number of carbonyl (C=O) groups is 4. The highest BCUT2D eigenvalue weighted by molar-refractivity contribution is 6.30. The van der Waals surface area contributed by atoms with Crippen LogP contribution in [0.5, 0.6) is 11.5 Å². The normalized spacial score (nSPS) is 17.8. The number of piperazine rings is 1. The third-order valence-corrected chi connectivity index (χ3v) is 16.5. The van der Waals surface area contributed by atoms with Crippen molar-refractivity contribution in [2.24, 2.45) is 4.99 Å². The number of aliphatic imine (C=N–C) groups is 1. The standard InChI is InChI=1S/C64H72ClFN12O6/c1-40(2)84-55-35-47(83-5)26-28-49(55)61-71-58(42-19-17-41(3)18-20-42)59(43-21-23-44(65)24-22-43)78(61)64(82)75-33-32-74(56(80)39-75)29-11-9-7-6-8-10-14-46(79)15-12-31-77-54(36-67)57-51-37-69-60(68)62(70-51)76-30-13-16-53(76)50-34-45(66)25-27-48(50)63(81)73(4)38-52(57)72-77/h17-28,34-35,37,40,53,58-59H,6-16,29-33,38-39H2,1-5H3,(H2,68,69)/t53-,58+,59-/m1/s1. The number of unbranched alkanes of at least 4 members (excludes halogenated alkanes) is 5. The van der Waals surface area contributed by atoms with Crippen LogP contribution in [0.15, 0.2) is 96.1 Å². The Hall–Kier alpha value is -8.37. The van der Waals surface area contributed by atoms with Gasteiger partial charge in [0.05, 0.1) is 60.6 Å². The number of benzene rings is 4. The number of carbonyl (C=O) groups excluding carboxylic acids is 4. The van der Waals surface area contributed by atoms with Crippen LogP contribution >= 0.6 is 11.6 Å². The number of anilines is 2. The number of amides is 4. The van der Waals surface area contributed by atoms with E-state index < -0.39 is 17.9 Å². The zero-order chi connectivity index (χ0) is 59.2. The lowest BCUT2D eigenvalue weighted by Gasteiger charge is -2.38. The van der Waals surface area contributed by atoms with Gasteiger partial charge in [0.1, 0.15) is 53.3 Å². The quantitative estimate of drug-likeness (QED) is 0.0751. The average Bonchev–Trinajstić information content (AvgIpc) is 2.47. The monoisotopic (exact) mass is 1160 g/mol. The number of methoxy groups -OCH3 is 1. The van der Waals surface area contributed by atoms with E-state index in [1.54, 1.807) is 28.6 Å². The highest BCUT2D eigenvalue weighted by Crippen LogP contribution is 2.47. The van der Waals surface area contributed by atoms with Crippen LogP contribution in [-0.4, -0.2) is 122 Å². The van der Waals surface area contributed by atoms with Crippen LogP contribution in [0.3, 0.4) is 0 Å². The molecule has 20 heteroatoms. The van der Waals surface area contributed by atoms with E-state index in [0.29, 0.717) is 120 Å². The smallest absolute Gasteiger partial charge is 0.326 e. The molecule has 6 heterocycles. The Morgan fingerprint density at radius 2 is 1.60 bits per heavy atom. The zero-order valence-electron chi connectivity index (χ0n) is 48.4. The van der Waals surface area contributed by atoms with Gasteiger partial charge in [0.15, 0.2) is 11.6 Å². The lowest BCUT2D eigenvalue weighted by atomic mass is 9.93. The van der Waals surface area contributed by atoms with Crippen molar-refractivity contribution in [2.75, 3.05) is 57.5 Å². The van der Waals surface area contributed by atoms with Crippen LogP contribution in [0, 0.1) is 24.1 Å². The summed E-state index contributed by atoms with van der Waals surface area (Å²) in [5.74, 6) is 1.43. The first-order valence-electron chi connectivity index (χ1n) is 29.2. The number of Topliss-reactive ketones (excluding diaryl/α,β-unsaturated/α-hetero) is 1. The molecule has 438 valence electrons. The molecule has 3 atom stereocenters. The number of aryl methyl sites for hydroxylation is 2. The van der Waals surface area contributed by atoms with Crippen LogP contribution in [0.1, 0.15) is 152 Å². The van der Waals surface area contributed by atoms with Gasteiger partial charge in [-0.1, -0.05) is 79.2 Å². The fourth-order valence-electron chi connectivity index (χ4n) is 12.0. The predicted molar refractivity (Wildman–Crippen MR) is 319 cm³/mol. The lowest BCUT2D eigenvalue weighted by molar-refractivity contribution is -0.135. The number of ether oxygens (including phenoxy) is 2. The van der Waals surface area contributed by atoms with Gasteiger partial charge in [0.2, 0.25) is 5.91 Å². The summed E-state index contributed by atoms with van der Waals surface area (Å²) in [5, 5.41) is 16.0. The van der Waals surface area contributed by atoms with Gasteiger partial charge in [-0.25, -0.2) is 19.2 Å². The molecule has 0 spiro atoms. The number of nitrogens with zero attached hydrogens (tertiary/aromatic N) is 11. The summed E-state index contributed by atoms with van der Waals surface area (Å²) in [6.45, 7) is 8.10. The fraction of sp³-hybridized carbons (Fsp3) is 0.422. The van der Waals surface area contributed by atoms with Gasteiger partial charge >= 0.3 is 6.03 Å². The minimum atomic E-state index is -0.564. The van der Waals surface area contributed by atoms with Crippen molar-refractivity contribution in [2.45, 2.75) is 129 Å². The number of urea groups is 1. The Morgan fingerprint density at radius 1 is 0.869 bits per heavy atom. The molecular weight excluding hydrogens is 1090 g/mol. The van der Waals surface area contributed by atoms with Crippen molar-refractivity contribution < 1.29 is 33.0 Å². The van der Waals surface area contributed by atoms with Crippen LogP contribution in [0.25, 0.3) is 11.3 Å². The maximum Gasteiger partial charge on any atom is 0.326 e. The molecule has 2 N–H and O–H groups in total. The minimum absolute atomic E-state index is 0.0437. The number of halogens is 2. The molecule has 84 heavy (non-hydrogen) atoms. The number of nitrogens with two attached hydrogens (primary N) is 1. The molecule has 2 saturated heterocycles. The molecule has 0 unspecified atom stereocenters. The molecule has 0 aliphatic carbocycles.